The van der Waals surface area contributed by atoms with Gasteiger partial charge in [-0.3, -0.25) is 9.59 Å². The molecule has 0 saturated carbocycles. The van der Waals surface area contributed by atoms with Crippen molar-refractivity contribution in [3.05, 3.63) is 35.9 Å². The number of hydrogen-bond acceptors (Lipinski definition) is 3. The summed E-state index contributed by atoms with van der Waals surface area (Å²) in [5, 5.41) is 9.35. The highest BCUT2D eigenvalue weighted by molar-refractivity contribution is 5.82. The summed E-state index contributed by atoms with van der Waals surface area (Å²) in [5.41, 5.74) is 0.193. The molecule has 3 atom stereocenters. The summed E-state index contributed by atoms with van der Waals surface area (Å²) in [6.45, 7) is 3.18. The van der Waals surface area contributed by atoms with Gasteiger partial charge in [0.1, 0.15) is 0 Å². The molecule has 124 valence electrons. The van der Waals surface area contributed by atoms with Crippen LogP contribution in [-0.4, -0.2) is 41.6 Å². The SMILES string of the molecule is C[C@]1(C(=O)O)CCN(C(=O)[C@@H]2CCCO[C@H]2c2ccccc2)C1. The highest BCUT2D eigenvalue weighted by Gasteiger charge is 2.45. The van der Waals surface area contributed by atoms with Crippen molar-refractivity contribution in [1.29, 1.82) is 0 Å². The monoisotopic (exact) mass is 317 g/mol. The van der Waals surface area contributed by atoms with Gasteiger partial charge in [0.25, 0.3) is 0 Å². The fraction of sp³-hybridized carbons (Fsp3) is 0.556. The third-order valence-electron chi connectivity index (χ3n) is 5.07. The summed E-state index contributed by atoms with van der Waals surface area (Å²) >= 11 is 0. The summed E-state index contributed by atoms with van der Waals surface area (Å²) < 4.78 is 5.89. The summed E-state index contributed by atoms with van der Waals surface area (Å²) in [7, 11) is 0. The minimum absolute atomic E-state index is 0.0310. The lowest BCUT2D eigenvalue weighted by atomic mass is 9.88. The molecule has 1 amide bonds. The van der Waals surface area contributed by atoms with E-state index in [1.807, 2.05) is 30.3 Å². The molecule has 3 rings (SSSR count). The van der Waals surface area contributed by atoms with Gasteiger partial charge in [0, 0.05) is 19.7 Å². The van der Waals surface area contributed by atoms with E-state index in [4.69, 9.17) is 4.74 Å². The molecule has 0 radical (unpaired) electrons. The van der Waals surface area contributed by atoms with Gasteiger partial charge in [-0.15, -0.1) is 0 Å². The smallest absolute Gasteiger partial charge is 0.311 e. The molecule has 1 N–H and O–H groups in total. The van der Waals surface area contributed by atoms with Gasteiger partial charge in [-0.1, -0.05) is 30.3 Å². The van der Waals surface area contributed by atoms with Crippen LogP contribution in [0.2, 0.25) is 0 Å². The molecule has 2 aliphatic heterocycles. The van der Waals surface area contributed by atoms with Crippen molar-refractivity contribution in [3.63, 3.8) is 0 Å². The van der Waals surface area contributed by atoms with Crippen molar-refractivity contribution in [1.82, 2.24) is 4.90 Å². The van der Waals surface area contributed by atoms with Gasteiger partial charge < -0.3 is 14.7 Å². The van der Waals surface area contributed by atoms with E-state index in [2.05, 4.69) is 0 Å². The van der Waals surface area contributed by atoms with Crippen LogP contribution in [0.25, 0.3) is 0 Å². The third kappa shape index (κ3) is 3.11. The minimum atomic E-state index is -0.827. The van der Waals surface area contributed by atoms with Crippen LogP contribution in [0.4, 0.5) is 0 Å². The Kier molecular flexibility index (Phi) is 4.39. The number of carbonyl (C=O) groups excluding carboxylic acids is 1. The lowest BCUT2D eigenvalue weighted by Gasteiger charge is -2.34. The Morgan fingerprint density at radius 1 is 1.30 bits per heavy atom. The van der Waals surface area contributed by atoms with E-state index >= 15 is 0 Å². The van der Waals surface area contributed by atoms with Crippen LogP contribution in [0.15, 0.2) is 30.3 Å². The molecule has 2 aliphatic rings. The molecule has 1 aromatic rings. The van der Waals surface area contributed by atoms with Gasteiger partial charge in [-0.05, 0) is 31.7 Å². The minimum Gasteiger partial charge on any atom is -0.481 e. The lowest BCUT2D eigenvalue weighted by molar-refractivity contribution is -0.149. The van der Waals surface area contributed by atoms with Gasteiger partial charge in [0.05, 0.1) is 17.4 Å². The van der Waals surface area contributed by atoms with Gasteiger partial charge in [-0.2, -0.15) is 0 Å². The summed E-state index contributed by atoms with van der Waals surface area (Å²) in [6.07, 6.45) is 1.94. The van der Waals surface area contributed by atoms with Gasteiger partial charge in [0.15, 0.2) is 0 Å². The van der Waals surface area contributed by atoms with E-state index < -0.39 is 11.4 Å². The standard InChI is InChI=1S/C18H23NO4/c1-18(17(21)22)9-10-19(12-18)16(20)14-8-5-11-23-15(14)13-6-3-2-4-7-13/h2-4,6-7,14-15H,5,8-12H2,1H3,(H,21,22)/t14-,15+,18+/m1/s1. The molecule has 2 saturated heterocycles. The van der Waals surface area contributed by atoms with Crippen LogP contribution < -0.4 is 0 Å². The molecule has 0 spiro atoms. The van der Waals surface area contributed by atoms with E-state index in [0.29, 0.717) is 26.1 Å². The summed E-state index contributed by atoms with van der Waals surface area (Å²) in [4.78, 5) is 26.1. The van der Waals surface area contributed by atoms with Crippen LogP contribution in [0.5, 0.6) is 0 Å². The van der Waals surface area contributed by atoms with Crippen LogP contribution >= 0.6 is 0 Å². The molecule has 2 fully saturated rings. The Balaban J connectivity index is 1.76. The van der Waals surface area contributed by atoms with Gasteiger partial charge in [0.2, 0.25) is 5.91 Å². The second-order valence-electron chi connectivity index (χ2n) is 6.83. The molecule has 0 unspecified atom stereocenters. The second kappa shape index (κ2) is 6.32. The van der Waals surface area contributed by atoms with Crippen LogP contribution in [-0.2, 0) is 14.3 Å². The molecule has 1 aromatic carbocycles. The zero-order chi connectivity index (χ0) is 16.4. The molecule has 2 heterocycles. The fourth-order valence-corrected chi connectivity index (χ4v) is 3.56. The molecular weight excluding hydrogens is 294 g/mol. The van der Waals surface area contributed by atoms with E-state index in [1.54, 1.807) is 11.8 Å². The van der Waals surface area contributed by atoms with Crippen molar-refractivity contribution in [2.45, 2.75) is 32.3 Å². The van der Waals surface area contributed by atoms with Crippen LogP contribution in [0.1, 0.15) is 37.9 Å². The van der Waals surface area contributed by atoms with Gasteiger partial charge in [-0.25, -0.2) is 0 Å². The third-order valence-corrected chi connectivity index (χ3v) is 5.07. The number of likely N-dealkylation sites (tertiary alicyclic amines) is 1. The highest BCUT2D eigenvalue weighted by Crippen LogP contribution is 2.37. The number of carboxylic acid groups (broad SMARTS) is 1. The zero-order valence-electron chi connectivity index (χ0n) is 13.4. The van der Waals surface area contributed by atoms with E-state index in [1.165, 1.54) is 0 Å². The van der Waals surface area contributed by atoms with E-state index in [9.17, 15) is 14.7 Å². The fourth-order valence-electron chi connectivity index (χ4n) is 3.56. The Morgan fingerprint density at radius 3 is 2.70 bits per heavy atom. The molecular formula is C18H23NO4. The first-order valence-electron chi connectivity index (χ1n) is 8.20. The lowest BCUT2D eigenvalue weighted by Crippen LogP contribution is -2.41. The molecule has 0 aromatic heterocycles. The number of aliphatic carboxylic acids is 1. The molecule has 5 nitrogen and oxygen atoms in total. The number of carboxylic acids is 1. The Morgan fingerprint density at radius 2 is 2.04 bits per heavy atom. The predicted octanol–water partition coefficient (Wildman–Crippen LogP) is 2.48. The first kappa shape index (κ1) is 16.0. The Hall–Kier alpha value is -1.88. The number of rotatable bonds is 3. The maximum atomic E-state index is 12.9. The highest BCUT2D eigenvalue weighted by atomic mass is 16.5. The van der Waals surface area contributed by atoms with Crippen LogP contribution in [0, 0.1) is 11.3 Å². The quantitative estimate of drug-likeness (QED) is 0.930. The predicted molar refractivity (Wildman–Crippen MR) is 84.8 cm³/mol. The van der Waals surface area contributed by atoms with Crippen molar-refractivity contribution in [2.75, 3.05) is 19.7 Å². The average molecular weight is 317 g/mol. The molecule has 5 heteroatoms. The zero-order valence-corrected chi connectivity index (χ0v) is 13.4. The Bertz CT molecular complexity index is 588. The number of amides is 1. The van der Waals surface area contributed by atoms with Crippen molar-refractivity contribution in [3.8, 4) is 0 Å². The normalized spacial score (nSPS) is 31.1. The van der Waals surface area contributed by atoms with Gasteiger partial charge >= 0.3 is 5.97 Å². The number of benzene rings is 1. The first-order chi connectivity index (χ1) is 11.0. The van der Waals surface area contributed by atoms with Crippen molar-refractivity contribution in [2.24, 2.45) is 11.3 Å². The Labute approximate surface area is 136 Å². The van der Waals surface area contributed by atoms with E-state index in [0.717, 1.165) is 18.4 Å². The summed E-state index contributed by atoms with van der Waals surface area (Å²) in [6, 6.07) is 9.82. The maximum absolute atomic E-state index is 12.9. The topological polar surface area (TPSA) is 66.8 Å². The maximum Gasteiger partial charge on any atom is 0.311 e. The largest absolute Gasteiger partial charge is 0.481 e. The molecule has 0 aliphatic carbocycles. The summed E-state index contributed by atoms with van der Waals surface area (Å²) in [5.74, 6) is -1.02. The van der Waals surface area contributed by atoms with Crippen molar-refractivity contribution >= 4 is 11.9 Å². The number of ether oxygens (including phenoxy) is 1. The molecule has 0 bridgehead atoms. The van der Waals surface area contributed by atoms with Crippen LogP contribution in [0.3, 0.4) is 0 Å². The number of hydrogen-bond donors (Lipinski definition) is 1. The van der Waals surface area contributed by atoms with Crippen molar-refractivity contribution < 1.29 is 19.4 Å². The number of nitrogens with zero attached hydrogens (tertiary/aromatic N) is 1. The molecule has 23 heavy (non-hydrogen) atoms. The average Bonchev–Trinajstić information content (AvgIpc) is 2.99. The number of carbonyl (C=O) groups is 2. The van der Waals surface area contributed by atoms with E-state index in [-0.39, 0.29) is 17.9 Å². The first-order valence-corrected chi connectivity index (χ1v) is 8.20. The second-order valence-corrected chi connectivity index (χ2v) is 6.83.